The van der Waals surface area contributed by atoms with E-state index in [1.165, 1.54) is 0 Å². The lowest BCUT2D eigenvalue weighted by Crippen LogP contribution is -2.61. The van der Waals surface area contributed by atoms with Crippen LogP contribution in [0.3, 0.4) is 0 Å². The third-order valence-corrected chi connectivity index (χ3v) is 8.76. The highest BCUT2D eigenvalue weighted by Crippen LogP contribution is 2.60. The highest BCUT2D eigenvalue weighted by molar-refractivity contribution is 9.09. The van der Waals surface area contributed by atoms with Crippen molar-refractivity contribution in [3.8, 4) is 0 Å². The van der Waals surface area contributed by atoms with Crippen LogP contribution in [0, 0.1) is 17.3 Å². The average molecular weight is 583 g/mol. The first kappa shape index (κ1) is 29.8. The van der Waals surface area contributed by atoms with E-state index in [9.17, 15) is 19.5 Å². The highest BCUT2D eigenvalue weighted by atomic mass is 79.9. The zero-order chi connectivity index (χ0) is 27.9. The first-order valence-corrected chi connectivity index (χ1v) is 14.1. The Kier molecular flexibility index (Phi) is 8.72. The van der Waals surface area contributed by atoms with Crippen LogP contribution in [-0.4, -0.2) is 98.9 Å². The monoisotopic (exact) mass is 581 g/mol. The van der Waals surface area contributed by atoms with Crippen LogP contribution in [0.5, 0.6) is 0 Å². The van der Waals surface area contributed by atoms with Crippen LogP contribution in [0.4, 0.5) is 0 Å². The van der Waals surface area contributed by atoms with Crippen molar-refractivity contribution in [1.82, 2.24) is 14.7 Å². The molecule has 3 fully saturated rings. The van der Waals surface area contributed by atoms with Crippen LogP contribution < -0.4 is 0 Å². The van der Waals surface area contributed by atoms with Crippen LogP contribution in [0.25, 0.3) is 0 Å². The van der Waals surface area contributed by atoms with Gasteiger partial charge in [-0.25, -0.2) is 0 Å². The Hall–Kier alpha value is -1.71. The number of hydrogen-bond donors (Lipinski definition) is 1. The number of carbonyl (C=O) groups excluding carboxylic acids is 3. The summed E-state index contributed by atoms with van der Waals surface area (Å²) in [6.45, 7) is 18.9. The number of nitrogens with zero attached hydrogens (tertiary/aromatic N) is 3. The molecule has 1 N–H and O–H groups in total. The predicted octanol–water partition coefficient (Wildman–Crippen LogP) is 2.99. The van der Waals surface area contributed by atoms with Gasteiger partial charge in [0.05, 0.1) is 17.9 Å². The second-order valence-electron chi connectivity index (χ2n) is 12.6. The molecule has 0 aromatic heterocycles. The lowest BCUT2D eigenvalue weighted by Gasteiger charge is -2.45. The van der Waals surface area contributed by atoms with Crippen LogP contribution in [0.2, 0.25) is 0 Å². The van der Waals surface area contributed by atoms with Crippen LogP contribution in [0.15, 0.2) is 25.3 Å². The van der Waals surface area contributed by atoms with E-state index in [1.54, 1.807) is 29.0 Å². The van der Waals surface area contributed by atoms with Crippen molar-refractivity contribution in [3.05, 3.63) is 25.3 Å². The number of carbonyl (C=O) groups is 3. The van der Waals surface area contributed by atoms with Crippen LogP contribution in [0.1, 0.15) is 53.9 Å². The van der Waals surface area contributed by atoms with Gasteiger partial charge in [-0.05, 0) is 38.5 Å². The number of likely N-dealkylation sites (tertiary alicyclic amines) is 1. The molecule has 3 aliphatic heterocycles. The molecule has 208 valence electrons. The van der Waals surface area contributed by atoms with Crippen molar-refractivity contribution in [2.24, 2.45) is 17.3 Å². The first-order chi connectivity index (χ1) is 17.2. The number of fused-ring (bicyclic) bond motifs is 1. The van der Waals surface area contributed by atoms with Gasteiger partial charge < -0.3 is 24.5 Å². The normalized spacial score (nSPS) is 30.9. The number of aliphatic hydroxyl groups is 1. The second kappa shape index (κ2) is 10.8. The molecular formula is C28H44BrN3O5. The summed E-state index contributed by atoms with van der Waals surface area (Å²) in [6.07, 6.45) is 4.39. The molecule has 0 aromatic rings. The molecule has 0 aliphatic carbocycles. The minimum Gasteiger partial charge on any atom is -0.396 e. The molecule has 1 spiro atoms. The summed E-state index contributed by atoms with van der Waals surface area (Å²) in [5, 5.41) is 9.58. The summed E-state index contributed by atoms with van der Waals surface area (Å²) in [5.41, 5.74) is -1.68. The van der Waals surface area contributed by atoms with E-state index in [0.717, 1.165) is 6.42 Å². The third kappa shape index (κ3) is 5.28. The molecular weight excluding hydrogens is 538 g/mol. The molecule has 3 saturated heterocycles. The number of ether oxygens (including phenoxy) is 1. The highest BCUT2D eigenvalue weighted by Gasteiger charge is 2.77. The summed E-state index contributed by atoms with van der Waals surface area (Å²) in [5.74, 6) is -2.07. The molecule has 0 radical (unpaired) electrons. The molecule has 6 atom stereocenters. The first-order valence-electron chi connectivity index (χ1n) is 13.2. The second-order valence-corrected chi connectivity index (χ2v) is 13.7. The Bertz CT molecular complexity index is 931. The Labute approximate surface area is 230 Å². The van der Waals surface area contributed by atoms with E-state index in [4.69, 9.17) is 4.74 Å². The van der Waals surface area contributed by atoms with E-state index in [1.807, 2.05) is 18.7 Å². The van der Waals surface area contributed by atoms with Gasteiger partial charge in [0.25, 0.3) is 0 Å². The molecule has 3 rings (SSSR count). The fourth-order valence-electron chi connectivity index (χ4n) is 7.02. The maximum atomic E-state index is 14.5. The molecule has 3 unspecified atom stereocenters. The van der Waals surface area contributed by atoms with E-state index in [2.05, 4.69) is 49.9 Å². The maximum absolute atomic E-state index is 14.5. The van der Waals surface area contributed by atoms with Crippen LogP contribution >= 0.6 is 15.9 Å². The number of alkyl halides is 1. The van der Waals surface area contributed by atoms with Gasteiger partial charge in [0.1, 0.15) is 11.6 Å². The van der Waals surface area contributed by atoms with Gasteiger partial charge in [0.2, 0.25) is 17.7 Å². The van der Waals surface area contributed by atoms with Crippen LogP contribution in [-0.2, 0) is 19.1 Å². The van der Waals surface area contributed by atoms with Gasteiger partial charge in [0, 0.05) is 43.7 Å². The fraction of sp³-hybridized carbons (Fsp3) is 0.750. The average Bonchev–Trinajstić information content (AvgIpc) is 3.37. The summed E-state index contributed by atoms with van der Waals surface area (Å²) >= 11 is 3.71. The van der Waals surface area contributed by atoms with Crippen molar-refractivity contribution >= 4 is 33.7 Å². The van der Waals surface area contributed by atoms with Crippen molar-refractivity contribution in [1.29, 1.82) is 0 Å². The molecule has 8 nitrogen and oxygen atoms in total. The zero-order valence-electron chi connectivity index (χ0n) is 23.2. The molecule has 2 bridgehead atoms. The summed E-state index contributed by atoms with van der Waals surface area (Å²) in [6, 6.07) is -0.886. The number of aliphatic hydroxyl groups excluding tert-OH is 1. The number of hydrogen-bond acceptors (Lipinski definition) is 5. The number of rotatable bonds is 11. The molecule has 3 aliphatic rings. The van der Waals surface area contributed by atoms with Gasteiger partial charge in [-0.1, -0.05) is 48.9 Å². The predicted molar refractivity (Wildman–Crippen MR) is 147 cm³/mol. The van der Waals surface area contributed by atoms with Crippen molar-refractivity contribution in [2.75, 3.05) is 33.3 Å². The van der Waals surface area contributed by atoms with Gasteiger partial charge in [-0.15, -0.1) is 13.2 Å². The summed E-state index contributed by atoms with van der Waals surface area (Å²) in [4.78, 5) is 46.9. The van der Waals surface area contributed by atoms with Crippen molar-refractivity contribution < 1.29 is 24.2 Å². The Morgan fingerprint density at radius 3 is 2.35 bits per heavy atom. The molecule has 3 amide bonds. The van der Waals surface area contributed by atoms with E-state index >= 15 is 0 Å². The fourth-order valence-corrected chi connectivity index (χ4v) is 7.96. The maximum Gasteiger partial charge on any atom is 0.249 e. The Balaban J connectivity index is 2.10. The molecule has 37 heavy (non-hydrogen) atoms. The largest absolute Gasteiger partial charge is 0.396 e. The third-order valence-electron chi connectivity index (χ3n) is 7.92. The SMILES string of the molecule is C=CCN(C)C(=O)[C@H]1[C@H]2C(=O)N(CCCO)C(C(=O)N(CC=C)C(C)(C)CC(C)(C)C)C23CC(Br)[C@@H]1O3. The number of likely N-dealkylation sites (N-methyl/N-ethyl adjacent to an activating group) is 1. The van der Waals surface area contributed by atoms with Gasteiger partial charge in [-0.2, -0.15) is 0 Å². The lowest BCUT2D eigenvalue weighted by atomic mass is 9.70. The topological polar surface area (TPSA) is 90.4 Å². The van der Waals surface area contributed by atoms with E-state index in [0.29, 0.717) is 25.9 Å². The minimum absolute atomic E-state index is 0.0391. The zero-order valence-corrected chi connectivity index (χ0v) is 24.8. The molecule has 3 heterocycles. The standard InChI is InChI=1S/C28H44BrN3O5/c1-9-12-30(8)23(34)19-20-24(35)31(14-11-15-33)22(28(20)16-18(29)21(19)37-28)25(36)32(13-10-2)27(6,7)17-26(3,4)5/h9-10,18-22,33H,1-2,11-17H2,3-8H3/t18?,19-,20-,21-,22?,28?/m0/s1. The number of amides is 3. The van der Waals surface area contributed by atoms with Gasteiger partial charge in [-0.3, -0.25) is 14.4 Å². The van der Waals surface area contributed by atoms with Crippen molar-refractivity contribution in [3.63, 3.8) is 0 Å². The van der Waals surface area contributed by atoms with Gasteiger partial charge >= 0.3 is 0 Å². The lowest BCUT2D eigenvalue weighted by molar-refractivity contribution is -0.153. The van der Waals surface area contributed by atoms with E-state index in [-0.39, 0.29) is 41.1 Å². The minimum atomic E-state index is -1.12. The molecule has 9 heteroatoms. The molecule has 0 saturated carbocycles. The Morgan fingerprint density at radius 2 is 1.81 bits per heavy atom. The Morgan fingerprint density at radius 1 is 1.19 bits per heavy atom. The smallest absolute Gasteiger partial charge is 0.249 e. The quantitative estimate of drug-likeness (QED) is 0.299. The summed E-state index contributed by atoms with van der Waals surface area (Å²) < 4.78 is 6.60. The van der Waals surface area contributed by atoms with Gasteiger partial charge in [0.15, 0.2) is 0 Å². The number of halogens is 1. The van der Waals surface area contributed by atoms with E-state index < -0.39 is 35.1 Å². The van der Waals surface area contributed by atoms with Crippen molar-refractivity contribution in [2.45, 2.75) is 82.0 Å². The molecule has 0 aromatic carbocycles. The summed E-state index contributed by atoms with van der Waals surface area (Å²) in [7, 11) is 1.69.